The van der Waals surface area contributed by atoms with Gasteiger partial charge in [0.2, 0.25) is 5.91 Å². The van der Waals surface area contributed by atoms with Gasteiger partial charge in [-0.3, -0.25) is 4.79 Å². The fraction of sp³-hybridized carbons (Fsp3) is 0.882. The Kier molecular flexibility index (Phi) is 3.88. The SMILES string of the molecule is CCC1CCC(NC(=O)C2C(C)(C)C2(C)C)(C(=O)O)CC1. The third-order valence-electron chi connectivity index (χ3n) is 6.59. The molecule has 21 heavy (non-hydrogen) atoms. The van der Waals surface area contributed by atoms with E-state index >= 15 is 0 Å². The van der Waals surface area contributed by atoms with Gasteiger partial charge in [-0.1, -0.05) is 41.0 Å². The van der Waals surface area contributed by atoms with Crippen LogP contribution in [0.4, 0.5) is 0 Å². The van der Waals surface area contributed by atoms with Gasteiger partial charge in [-0.2, -0.15) is 0 Å². The lowest BCUT2D eigenvalue weighted by molar-refractivity contribution is -0.150. The summed E-state index contributed by atoms with van der Waals surface area (Å²) in [5.74, 6) is -0.447. The van der Waals surface area contributed by atoms with Crippen LogP contribution in [0.5, 0.6) is 0 Å². The van der Waals surface area contributed by atoms with Crippen LogP contribution in [0.25, 0.3) is 0 Å². The molecular weight excluding hydrogens is 266 g/mol. The Balaban J connectivity index is 2.09. The number of carbonyl (C=O) groups is 2. The molecule has 2 rings (SSSR count). The molecule has 2 saturated carbocycles. The predicted octanol–water partition coefficient (Wildman–Crippen LogP) is 3.21. The fourth-order valence-corrected chi connectivity index (χ4v) is 4.13. The first-order valence-electron chi connectivity index (χ1n) is 8.14. The number of amides is 1. The van der Waals surface area contributed by atoms with Crippen molar-refractivity contribution in [2.45, 2.75) is 72.3 Å². The summed E-state index contributed by atoms with van der Waals surface area (Å²) in [6, 6.07) is 0. The highest BCUT2D eigenvalue weighted by Crippen LogP contribution is 2.68. The van der Waals surface area contributed by atoms with Crippen molar-refractivity contribution in [3.8, 4) is 0 Å². The van der Waals surface area contributed by atoms with E-state index in [0.717, 1.165) is 19.3 Å². The van der Waals surface area contributed by atoms with Crippen LogP contribution >= 0.6 is 0 Å². The summed E-state index contributed by atoms with van der Waals surface area (Å²) in [7, 11) is 0. The highest BCUT2D eigenvalue weighted by molar-refractivity contribution is 5.90. The van der Waals surface area contributed by atoms with Crippen LogP contribution in [0.1, 0.15) is 66.7 Å². The number of carbonyl (C=O) groups excluding carboxylic acids is 1. The number of hydrogen-bond donors (Lipinski definition) is 2. The first kappa shape index (κ1) is 16.3. The summed E-state index contributed by atoms with van der Waals surface area (Å²) in [4.78, 5) is 24.3. The van der Waals surface area contributed by atoms with E-state index in [9.17, 15) is 14.7 Å². The highest BCUT2D eigenvalue weighted by atomic mass is 16.4. The van der Waals surface area contributed by atoms with Crippen molar-refractivity contribution in [2.24, 2.45) is 22.7 Å². The lowest BCUT2D eigenvalue weighted by Crippen LogP contribution is -2.57. The second kappa shape index (κ2) is 4.99. The van der Waals surface area contributed by atoms with Gasteiger partial charge in [-0.05, 0) is 42.4 Å². The van der Waals surface area contributed by atoms with Crippen molar-refractivity contribution in [1.82, 2.24) is 5.32 Å². The molecule has 2 fully saturated rings. The molecule has 4 heteroatoms. The number of rotatable bonds is 4. The maximum atomic E-state index is 12.6. The molecule has 0 saturated heterocycles. The van der Waals surface area contributed by atoms with Crippen molar-refractivity contribution in [1.29, 1.82) is 0 Å². The number of carboxylic acid groups (broad SMARTS) is 1. The molecule has 2 N–H and O–H groups in total. The van der Waals surface area contributed by atoms with Crippen molar-refractivity contribution >= 4 is 11.9 Å². The first-order valence-corrected chi connectivity index (χ1v) is 8.14. The van der Waals surface area contributed by atoms with E-state index in [4.69, 9.17) is 0 Å². The van der Waals surface area contributed by atoms with Gasteiger partial charge in [0.25, 0.3) is 0 Å². The molecule has 0 bridgehead atoms. The van der Waals surface area contributed by atoms with Gasteiger partial charge in [0, 0.05) is 5.92 Å². The van der Waals surface area contributed by atoms with E-state index in [-0.39, 0.29) is 22.7 Å². The zero-order valence-corrected chi connectivity index (χ0v) is 14.0. The molecule has 1 amide bonds. The Morgan fingerprint density at radius 3 is 1.90 bits per heavy atom. The minimum Gasteiger partial charge on any atom is -0.480 e. The second-order valence-corrected chi connectivity index (χ2v) is 8.10. The smallest absolute Gasteiger partial charge is 0.329 e. The molecule has 0 radical (unpaired) electrons. The number of nitrogens with one attached hydrogen (secondary N) is 1. The van der Waals surface area contributed by atoms with E-state index in [1.807, 2.05) is 0 Å². The van der Waals surface area contributed by atoms with Crippen LogP contribution in [0, 0.1) is 22.7 Å². The third kappa shape index (κ3) is 2.47. The molecule has 0 unspecified atom stereocenters. The average Bonchev–Trinajstić information content (AvgIpc) is 2.80. The Labute approximate surface area is 127 Å². The molecule has 2 aliphatic carbocycles. The summed E-state index contributed by atoms with van der Waals surface area (Å²) in [5.41, 5.74) is -1.16. The number of hydrogen-bond acceptors (Lipinski definition) is 2. The molecule has 0 atom stereocenters. The van der Waals surface area contributed by atoms with E-state index in [1.165, 1.54) is 0 Å². The minimum absolute atomic E-state index is 0.0581. The summed E-state index contributed by atoms with van der Waals surface area (Å²) >= 11 is 0. The average molecular weight is 295 g/mol. The highest BCUT2D eigenvalue weighted by Gasteiger charge is 2.68. The molecular formula is C17H29NO3. The zero-order chi connectivity index (χ0) is 16.1. The monoisotopic (exact) mass is 295 g/mol. The second-order valence-electron chi connectivity index (χ2n) is 8.10. The Morgan fingerprint density at radius 1 is 1.10 bits per heavy atom. The first-order chi connectivity index (χ1) is 9.58. The van der Waals surface area contributed by atoms with Gasteiger partial charge < -0.3 is 10.4 Å². The summed E-state index contributed by atoms with van der Waals surface area (Å²) in [6.45, 7) is 10.5. The molecule has 0 aromatic rings. The molecule has 120 valence electrons. The molecule has 4 nitrogen and oxygen atoms in total. The Morgan fingerprint density at radius 2 is 1.57 bits per heavy atom. The van der Waals surface area contributed by atoms with Crippen LogP contribution in [-0.4, -0.2) is 22.5 Å². The minimum atomic E-state index is -1.04. The van der Waals surface area contributed by atoms with Crippen molar-refractivity contribution < 1.29 is 14.7 Å². The summed E-state index contributed by atoms with van der Waals surface area (Å²) in [6.07, 6.45) is 3.98. The molecule has 0 aromatic heterocycles. The van der Waals surface area contributed by atoms with E-state index in [0.29, 0.717) is 18.8 Å². The molecule has 0 aliphatic heterocycles. The molecule has 0 aromatic carbocycles. The fourth-order valence-electron chi connectivity index (χ4n) is 4.13. The molecule has 2 aliphatic rings. The van der Waals surface area contributed by atoms with Gasteiger partial charge in [-0.25, -0.2) is 4.79 Å². The molecule has 0 heterocycles. The number of aliphatic carboxylic acids is 1. The van der Waals surface area contributed by atoms with Crippen LogP contribution in [-0.2, 0) is 9.59 Å². The lowest BCUT2D eigenvalue weighted by atomic mass is 9.75. The van der Waals surface area contributed by atoms with Gasteiger partial charge in [0.15, 0.2) is 0 Å². The normalized spacial score (nSPS) is 34.2. The zero-order valence-electron chi connectivity index (χ0n) is 14.0. The van der Waals surface area contributed by atoms with E-state index in [2.05, 4.69) is 39.9 Å². The maximum Gasteiger partial charge on any atom is 0.329 e. The van der Waals surface area contributed by atoms with Crippen LogP contribution in [0.3, 0.4) is 0 Å². The third-order valence-corrected chi connectivity index (χ3v) is 6.59. The largest absolute Gasteiger partial charge is 0.480 e. The maximum absolute atomic E-state index is 12.6. The molecule has 0 spiro atoms. The lowest BCUT2D eigenvalue weighted by Gasteiger charge is -2.37. The Bertz CT molecular complexity index is 431. The van der Waals surface area contributed by atoms with E-state index < -0.39 is 11.5 Å². The standard InChI is InChI=1S/C17H29NO3/c1-6-11-7-9-17(10-8-11,14(20)21)18-13(19)12-15(2,3)16(12,4)5/h11-12H,6-10H2,1-5H3,(H,18,19)(H,20,21). The summed E-state index contributed by atoms with van der Waals surface area (Å²) < 4.78 is 0. The topological polar surface area (TPSA) is 66.4 Å². The van der Waals surface area contributed by atoms with Crippen molar-refractivity contribution in [3.05, 3.63) is 0 Å². The Hall–Kier alpha value is -1.06. The summed E-state index contributed by atoms with van der Waals surface area (Å²) in [5, 5.41) is 12.6. The van der Waals surface area contributed by atoms with Crippen LogP contribution < -0.4 is 5.32 Å². The van der Waals surface area contributed by atoms with Crippen molar-refractivity contribution in [2.75, 3.05) is 0 Å². The van der Waals surface area contributed by atoms with Gasteiger partial charge in [0.1, 0.15) is 5.54 Å². The van der Waals surface area contributed by atoms with Crippen LogP contribution in [0.2, 0.25) is 0 Å². The van der Waals surface area contributed by atoms with Crippen molar-refractivity contribution in [3.63, 3.8) is 0 Å². The van der Waals surface area contributed by atoms with Gasteiger partial charge >= 0.3 is 5.97 Å². The number of carboxylic acids is 1. The van der Waals surface area contributed by atoms with Gasteiger partial charge in [-0.15, -0.1) is 0 Å². The quantitative estimate of drug-likeness (QED) is 0.837. The van der Waals surface area contributed by atoms with Gasteiger partial charge in [0.05, 0.1) is 0 Å². The van der Waals surface area contributed by atoms with Crippen LogP contribution in [0.15, 0.2) is 0 Å². The van der Waals surface area contributed by atoms with E-state index in [1.54, 1.807) is 0 Å². The predicted molar refractivity (Wildman–Crippen MR) is 81.8 cm³/mol.